The van der Waals surface area contributed by atoms with Crippen molar-refractivity contribution >= 4 is 56.1 Å². The number of aromatic nitrogens is 2. The highest BCUT2D eigenvalue weighted by molar-refractivity contribution is 14.1. The number of halogens is 1. The van der Waals surface area contributed by atoms with Crippen molar-refractivity contribution in [3.05, 3.63) is 108 Å². The van der Waals surface area contributed by atoms with Crippen LogP contribution in [-0.4, -0.2) is 32.1 Å². The number of benzene rings is 3. The van der Waals surface area contributed by atoms with Gasteiger partial charge in [0.25, 0.3) is 15.6 Å². The van der Waals surface area contributed by atoms with Crippen LogP contribution in [0.15, 0.2) is 87.4 Å². The highest BCUT2D eigenvalue weighted by atomic mass is 127. The standard InChI is InChI=1S/C26H23IN4O5S/c1-28-19-9-11-22(12-10-19)37(34,35)30-20-7-4-17(5-8-20)3-6-18-15-21(16-23(27)25(18)36-2)31-14-13-24(32)29-26(31)33/h3-16,28,30H,1-2H3,(H,29,32,33)/b6-3+. The predicted octanol–water partition coefficient (Wildman–Crippen LogP) is 4.15. The lowest BCUT2D eigenvalue weighted by atomic mass is 10.1. The van der Waals surface area contributed by atoms with E-state index < -0.39 is 21.3 Å². The van der Waals surface area contributed by atoms with Crippen LogP contribution in [0, 0.1) is 3.57 Å². The number of aromatic amines is 1. The molecule has 37 heavy (non-hydrogen) atoms. The van der Waals surface area contributed by atoms with Crippen molar-refractivity contribution in [2.24, 2.45) is 0 Å². The van der Waals surface area contributed by atoms with Crippen LogP contribution in [0.3, 0.4) is 0 Å². The SMILES string of the molecule is CNc1ccc(S(=O)(=O)Nc2ccc(/C=C/c3cc(-n4ccc(=O)[nH]c4=O)cc(I)c3OC)cc2)cc1. The van der Waals surface area contributed by atoms with Gasteiger partial charge in [0.2, 0.25) is 0 Å². The zero-order chi connectivity index (χ0) is 26.6. The van der Waals surface area contributed by atoms with Gasteiger partial charge in [0.05, 0.1) is 21.3 Å². The second-order valence-corrected chi connectivity index (χ2v) is 10.7. The summed E-state index contributed by atoms with van der Waals surface area (Å²) in [6.07, 6.45) is 5.10. The van der Waals surface area contributed by atoms with E-state index in [-0.39, 0.29) is 4.90 Å². The normalized spacial score (nSPS) is 11.4. The number of hydrogen-bond acceptors (Lipinski definition) is 6. The first-order chi connectivity index (χ1) is 17.7. The third-order valence-electron chi connectivity index (χ3n) is 5.43. The highest BCUT2D eigenvalue weighted by Gasteiger charge is 2.14. The average molecular weight is 630 g/mol. The molecule has 0 aliphatic rings. The van der Waals surface area contributed by atoms with Crippen molar-refractivity contribution in [1.82, 2.24) is 9.55 Å². The molecular weight excluding hydrogens is 607 g/mol. The molecule has 0 spiro atoms. The van der Waals surface area contributed by atoms with Crippen LogP contribution in [-0.2, 0) is 10.0 Å². The van der Waals surface area contributed by atoms with Gasteiger partial charge in [-0.05, 0) is 76.7 Å². The number of nitrogens with one attached hydrogen (secondary N) is 3. The molecule has 0 unspecified atom stereocenters. The summed E-state index contributed by atoms with van der Waals surface area (Å²) in [7, 11) is -0.394. The number of H-pyrrole nitrogens is 1. The molecule has 4 aromatic rings. The largest absolute Gasteiger partial charge is 0.495 e. The minimum atomic E-state index is -3.72. The number of rotatable bonds is 8. The van der Waals surface area contributed by atoms with E-state index in [1.807, 2.05) is 12.2 Å². The van der Waals surface area contributed by atoms with E-state index >= 15 is 0 Å². The van der Waals surface area contributed by atoms with Crippen molar-refractivity contribution in [3.63, 3.8) is 0 Å². The van der Waals surface area contributed by atoms with Crippen LogP contribution in [0.25, 0.3) is 17.8 Å². The summed E-state index contributed by atoms with van der Waals surface area (Å²) in [5.41, 5.74) is 2.35. The Bertz CT molecular complexity index is 1680. The summed E-state index contributed by atoms with van der Waals surface area (Å²) in [4.78, 5) is 26.1. The van der Waals surface area contributed by atoms with Crippen molar-refractivity contribution in [2.45, 2.75) is 4.90 Å². The lowest BCUT2D eigenvalue weighted by molar-refractivity contribution is 0.411. The van der Waals surface area contributed by atoms with Gasteiger partial charge in [-0.2, -0.15) is 0 Å². The summed E-state index contributed by atoms with van der Waals surface area (Å²) >= 11 is 2.12. The Morgan fingerprint density at radius 3 is 2.24 bits per heavy atom. The summed E-state index contributed by atoms with van der Waals surface area (Å²) in [5, 5.41) is 2.95. The fourth-order valence-corrected chi connectivity index (χ4v) is 5.47. The lowest BCUT2D eigenvalue weighted by Gasteiger charge is -2.12. The van der Waals surface area contributed by atoms with Crippen LogP contribution in [0.1, 0.15) is 11.1 Å². The van der Waals surface area contributed by atoms with Crippen LogP contribution in [0.2, 0.25) is 0 Å². The summed E-state index contributed by atoms with van der Waals surface area (Å²) in [6, 6.07) is 18.2. The quantitative estimate of drug-likeness (QED) is 0.199. The molecule has 11 heteroatoms. The minimum absolute atomic E-state index is 0.165. The van der Waals surface area contributed by atoms with Crippen molar-refractivity contribution in [1.29, 1.82) is 0 Å². The van der Waals surface area contributed by atoms with Crippen LogP contribution >= 0.6 is 22.6 Å². The van der Waals surface area contributed by atoms with Gasteiger partial charge < -0.3 is 10.1 Å². The van der Waals surface area contributed by atoms with Gasteiger partial charge in [-0.3, -0.25) is 19.1 Å². The molecule has 0 bridgehead atoms. The van der Waals surface area contributed by atoms with E-state index in [1.165, 1.54) is 29.0 Å². The van der Waals surface area contributed by atoms with E-state index in [1.54, 1.807) is 62.7 Å². The molecule has 3 aromatic carbocycles. The molecule has 9 nitrogen and oxygen atoms in total. The summed E-state index contributed by atoms with van der Waals surface area (Å²) in [5.74, 6) is 0.631. The lowest BCUT2D eigenvalue weighted by Crippen LogP contribution is -2.27. The van der Waals surface area contributed by atoms with Crippen molar-refractivity contribution in [3.8, 4) is 11.4 Å². The zero-order valence-corrected chi connectivity index (χ0v) is 22.8. The second-order valence-electron chi connectivity index (χ2n) is 7.87. The van der Waals surface area contributed by atoms with Crippen molar-refractivity contribution < 1.29 is 13.2 Å². The molecule has 3 N–H and O–H groups in total. The number of methoxy groups -OCH3 is 1. The van der Waals surface area contributed by atoms with Gasteiger partial charge in [-0.15, -0.1) is 0 Å². The van der Waals surface area contributed by atoms with Gasteiger partial charge in [0, 0.05) is 36.2 Å². The van der Waals surface area contributed by atoms with Crippen LogP contribution in [0.5, 0.6) is 5.75 Å². The first-order valence-corrected chi connectivity index (χ1v) is 13.5. The Balaban J connectivity index is 1.57. The molecule has 1 aromatic heterocycles. The van der Waals surface area contributed by atoms with Gasteiger partial charge in [-0.25, -0.2) is 13.2 Å². The molecule has 0 fully saturated rings. The molecule has 0 saturated carbocycles. The molecule has 0 aliphatic carbocycles. The van der Waals surface area contributed by atoms with Crippen molar-refractivity contribution in [2.75, 3.05) is 24.2 Å². The van der Waals surface area contributed by atoms with Gasteiger partial charge in [-0.1, -0.05) is 24.3 Å². The predicted molar refractivity (Wildman–Crippen MR) is 154 cm³/mol. The summed E-state index contributed by atoms with van der Waals surface area (Å²) in [6.45, 7) is 0. The highest BCUT2D eigenvalue weighted by Crippen LogP contribution is 2.30. The smallest absolute Gasteiger partial charge is 0.332 e. The zero-order valence-electron chi connectivity index (χ0n) is 19.9. The first-order valence-electron chi connectivity index (χ1n) is 11.0. The topological polar surface area (TPSA) is 122 Å². The molecule has 0 aliphatic heterocycles. The number of ether oxygens (including phenoxy) is 1. The number of sulfonamides is 1. The Morgan fingerprint density at radius 1 is 0.946 bits per heavy atom. The number of anilines is 2. The second kappa shape index (κ2) is 11.0. The minimum Gasteiger partial charge on any atom is -0.495 e. The third kappa shape index (κ3) is 6.12. The summed E-state index contributed by atoms with van der Waals surface area (Å²) < 4.78 is 35.6. The molecule has 190 valence electrons. The van der Waals surface area contributed by atoms with Crippen LogP contribution < -0.4 is 26.0 Å². The first kappa shape index (κ1) is 26.2. The van der Waals surface area contributed by atoms with Gasteiger partial charge in [0.1, 0.15) is 5.75 Å². The molecule has 0 saturated heterocycles. The maximum atomic E-state index is 12.7. The fraction of sp³-hybridized carbons (Fsp3) is 0.0769. The molecule has 1 heterocycles. The van der Waals surface area contributed by atoms with Gasteiger partial charge >= 0.3 is 5.69 Å². The fourth-order valence-electron chi connectivity index (χ4n) is 3.56. The van der Waals surface area contributed by atoms with E-state index in [9.17, 15) is 18.0 Å². The monoisotopic (exact) mass is 630 g/mol. The Labute approximate surface area is 227 Å². The van der Waals surface area contributed by atoms with E-state index in [0.29, 0.717) is 17.1 Å². The average Bonchev–Trinajstić information content (AvgIpc) is 2.88. The van der Waals surface area contributed by atoms with E-state index in [4.69, 9.17) is 4.74 Å². The molecule has 0 radical (unpaired) electrons. The number of hydrogen-bond donors (Lipinski definition) is 3. The maximum absolute atomic E-state index is 12.7. The Hall–Kier alpha value is -3.84. The molecule has 0 atom stereocenters. The van der Waals surface area contributed by atoms with E-state index in [0.717, 1.165) is 20.4 Å². The van der Waals surface area contributed by atoms with Gasteiger partial charge in [0.15, 0.2) is 0 Å². The third-order valence-corrected chi connectivity index (χ3v) is 7.63. The number of nitrogens with zero attached hydrogens (tertiary/aromatic N) is 1. The Morgan fingerprint density at radius 2 is 1.62 bits per heavy atom. The Kier molecular flexibility index (Phi) is 7.83. The molecule has 4 rings (SSSR count). The van der Waals surface area contributed by atoms with Crippen LogP contribution in [0.4, 0.5) is 11.4 Å². The molecule has 0 amide bonds. The molecular formula is C26H23IN4O5S. The maximum Gasteiger partial charge on any atom is 0.332 e. The van der Waals surface area contributed by atoms with E-state index in [2.05, 4.69) is 37.6 Å².